The standard InChI is InChI=1S/C27H37FN2O3/c28-16-20(17-29)18-33-24-3-1-21(2-4-24)26-9-10-27(8-5-19(14-26)13-22(27)15-26)25(31)30-23-6-11-32-12-7-23/h1-4,16,19,22-23H,5-15,17-18,29H2,(H,30,31)/b20-16+. The first-order chi connectivity index (χ1) is 16.1. The predicted molar refractivity (Wildman–Crippen MR) is 126 cm³/mol. The van der Waals surface area contributed by atoms with Crippen molar-refractivity contribution >= 4 is 5.91 Å². The Balaban J connectivity index is 1.30. The molecule has 0 aromatic heterocycles. The molecule has 1 amide bonds. The molecule has 1 heterocycles. The van der Waals surface area contributed by atoms with Crippen molar-refractivity contribution < 1.29 is 18.7 Å². The zero-order valence-electron chi connectivity index (χ0n) is 19.5. The molecule has 4 unspecified atom stereocenters. The number of ether oxygens (including phenoxy) is 2. The predicted octanol–water partition coefficient (Wildman–Crippen LogP) is 4.40. The van der Waals surface area contributed by atoms with Crippen LogP contribution in [0.25, 0.3) is 0 Å². The lowest BCUT2D eigenvalue weighted by atomic mass is 9.44. The number of fused-ring (bicyclic) bond motifs is 2. The first-order valence-electron chi connectivity index (χ1n) is 12.7. The first-order valence-corrected chi connectivity index (χ1v) is 12.7. The Kier molecular flexibility index (Phi) is 6.49. The second-order valence-electron chi connectivity index (χ2n) is 10.8. The minimum atomic E-state index is -0.181. The van der Waals surface area contributed by atoms with Crippen LogP contribution in [-0.2, 0) is 14.9 Å². The highest BCUT2D eigenvalue weighted by Gasteiger charge is 2.59. The lowest BCUT2D eigenvalue weighted by Crippen LogP contribution is -2.59. The summed E-state index contributed by atoms with van der Waals surface area (Å²) in [6.07, 6.45) is 10.2. The third-order valence-electron chi connectivity index (χ3n) is 9.08. The fourth-order valence-corrected chi connectivity index (χ4v) is 7.16. The minimum absolute atomic E-state index is 0.157. The fraction of sp³-hybridized carbons (Fsp3) is 0.667. The van der Waals surface area contributed by atoms with Crippen LogP contribution in [0, 0.1) is 17.3 Å². The van der Waals surface area contributed by atoms with Crippen molar-refractivity contribution in [3.05, 3.63) is 41.7 Å². The Morgan fingerprint density at radius 1 is 1.15 bits per heavy atom. The maximum absolute atomic E-state index is 13.6. The molecule has 4 atom stereocenters. The quantitative estimate of drug-likeness (QED) is 0.638. The second-order valence-corrected chi connectivity index (χ2v) is 10.8. The average Bonchev–Trinajstić information content (AvgIpc) is 2.85. The molecule has 33 heavy (non-hydrogen) atoms. The van der Waals surface area contributed by atoms with Crippen LogP contribution in [0.15, 0.2) is 36.2 Å². The van der Waals surface area contributed by atoms with Gasteiger partial charge in [-0.15, -0.1) is 0 Å². The molecule has 3 aliphatic carbocycles. The second kappa shape index (κ2) is 9.38. The van der Waals surface area contributed by atoms with E-state index in [1.807, 2.05) is 12.1 Å². The van der Waals surface area contributed by atoms with Crippen molar-refractivity contribution in [2.75, 3.05) is 26.4 Å². The summed E-state index contributed by atoms with van der Waals surface area (Å²) in [4.78, 5) is 13.6. The molecule has 1 saturated heterocycles. The Morgan fingerprint density at radius 2 is 1.94 bits per heavy atom. The van der Waals surface area contributed by atoms with E-state index in [-0.39, 0.29) is 30.0 Å². The maximum atomic E-state index is 13.6. The van der Waals surface area contributed by atoms with Gasteiger partial charge in [-0.05, 0) is 92.7 Å². The normalized spacial score (nSPS) is 34.2. The topological polar surface area (TPSA) is 73.6 Å². The highest BCUT2D eigenvalue weighted by atomic mass is 19.1. The van der Waals surface area contributed by atoms with Gasteiger partial charge in [0.15, 0.2) is 0 Å². The van der Waals surface area contributed by atoms with E-state index in [1.54, 1.807) is 0 Å². The Hall–Kier alpha value is -1.92. The minimum Gasteiger partial charge on any atom is -0.489 e. The molecular weight excluding hydrogens is 419 g/mol. The molecule has 1 aliphatic heterocycles. The summed E-state index contributed by atoms with van der Waals surface area (Å²) in [7, 11) is 0. The number of benzene rings is 1. The Bertz CT molecular complexity index is 882. The molecule has 3 N–H and O–H groups in total. The molecule has 180 valence electrons. The number of carbonyl (C=O) groups is 1. The van der Waals surface area contributed by atoms with Crippen LogP contribution in [0.5, 0.6) is 5.75 Å². The van der Waals surface area contributed by atoms with Gasteiger partial charge in [-0.3, -0.25) is 4.79 Å². The number of nitrogens with one attached hydrogen (secondary N) is 1. The van der Waals surface area contributed by atoms with Crippen molar-refractivity contribution in [3.8, 4) is 5.75 Å². The van der Waals surface area contributed by atoms with E-state index < -0.39 is 0 Å². The molecule has 6 heteroatoms. The molecule has 0 spiro atoms. The summed E-state index contributed by atoms with van der Waals surface area (Å²) in [5.41, 5.74) is 7.31. The van der Waals surface area contributed by atoms with Crippen molar-refractivity contribution in [2.45, 2.75) is 69.2 Å². The van der Waals surface area contributed by atoms with E-state index in [2.05, 4.69) is 17.4 Å². The smallest absolute Gasteiger partial charge is 0.226 e. The van der Waals surface area contributed by atoms with Gasteiger partial charge in [0.2, 0.25) is 5.91 Å². The lowest BCUT2D eigenvalue weighted by molar-refractivity contribution is -0.149. The van der Waals surface area contributed by atoms with E-state index in [4.69, 9.17) is 15.2 Å². The van der Waals surface area contributed by atoms with E-state index in [1.165, 1.54) is 18.4 Å². The fourth-order valence-electron chi connectivity index (χ4n) is 7.16. The van der Waals surface area contributed by atoms with Gasteiger partial charge in [0.25, 0.3) is 0 Å². The molecular formula is C27H37FN2O3. The first kappa shape index (κ1) is 22.9. The van der Waals surface area contributed by atoms with Gasteiger partial charge < -0.3 is 20.5 Å². The number of hydrogen-bond acceptors (Lipinski definition) is 4. The Morgan fingerprint density at radius 3 is 2.67 bits per heavy atom. The van der Waals surface area contributed by atoms with Gasteiger partial charge >= 0.3 is 0 Å². The number of halogens is 1. The largest absolute Gasteiger partial charge is 0.489 e. The number of carbonyl (C=O) groups excluding carboxylic acids is 1. The van der Waals surface area contributed by atoms with Gasteiger partial charge in [0.1, 0.15) is 12.4 Å². The SMILES string of the molecule is NC/C(=C\F)COc1ccc(C23CCC4(C(=O)NC5CCOCC5)CCC(CC4C2)C3)cc1. The third kappa shape index (κ3) is 4.32. The number of rotatable bonds is 7. The Labute approximate surface area is 196 Å². The van der Waals surface area contributed by atoms with Crippen LogP contribution in [-0.4, -0.2) is 38.3 Å². The van der Waals surface area contributed by atoms with E-state index in [0.29, 0.717) is 29.6 Å². The lowest BCUT2D eigenvalue weighted by Gasteiger charge is -2.60. The molecule has 5 rings (SSSR count). The van der Waals surface area contributed by atoms with Crippen molar-refractivity contribution in [3.63, 3.8) is 0 Å². The van der Waals surface area contributed by atoms with E-state index in [9.17, 15) is 9.18 Å². The van der Waals surface area contributed by atoms with Gasteiger partial charge in [0.05, 0.1) is 11.7 Å². The summed E-state index contributed by atoms with van der Waals surface area (Å²) >= 11 is 0. The van der Waals surface area contributed by atoms with E-state index >= 15 is 0 Å². The summed E-state index contributed by atoms with van der Waals surface area (Å²) in [5.74, 6) is 2.23. The highest BCUT2D eigenvalue weighted by molar-refractivity contribution is 5.83. The maximum Gasteiger partial charge on any atom is 0.226 e. The zero-order valence-corrected chi connectivity index (χ0v) is 19.5. The number of hydrogen-bond donors (Lipinski definition) is 2. The molecule has 4 fully saturated rings. The van der Waals surface area contributed by atoms with Crippen LogP contribution in [0.1, 0.15) is 63.4 Å². The molecule has 1 aromatic rings. The van der Waals surface area contributed by atoms with Gasteiger partial charge in [-0.2, -0.15) is 0 Å². The van der Waals surface area contributed by atoms with Crippen LogP contribution in [0.4, 0.5) is 4.39 Å². The zero-order chi connectivity index (χ0) is 22.9. The average molecular weight is 457 g/mol. The van der Waals surface area contributed by atoms with E-state index in [0.717, 1.165) is 63.9 Å². The van der Waals surface area contributed by atoms with Crippen LogP contribution >= 0.6 is 0 Å². The number of amides is 1. The van der Waals surface area contributed by atoms with Gasteiger partial charge in [-0.25, -0.2) is 4.39 Å². The third-order valence-corrected chi connectivity index (χ3v) is 9.08. The number of nitrogens with two attached hydrogens (primary N) is 1. The van der Waals surface area contributed by atoms with Crippen molar-refractivity contribution in [2.24, 2.45) is 23.0 Å². The van der Waals surface area contributed by atoms with Gasteiger partial charge in [-0.1, -0.05) is 12.1 Å². The summed E-state index contributed by atoms with van der Waals surface area (Å²) in [6.45, 7) is 1.84. The molecule has 5 nitrogen and oxygen atoms in total. The molecule has 4 aliphatic rings. The summed E-state index contributed by atoms with van der Waals surface area (Å²) in [6, 6.07) is 8.65. The van der Waals surface area contributed by atoms with Crippen molar-refractivity contribution in [1.82, 2.24) is 5.32 Å². The van der Waals surface area contributed by atoms with Crippen LogP contribution in [0.3, 0.4) is 0 Å². The van der Waals surface area contributed by atoms with Crippen LogP contribution in [0.2, 0.25) is 0 Å². The monoisotopic (exact) mass is 456 g/mol. The molecule has 0 radical (unpaired) electrons. The van der Waals surface area contributed by atoms with Gasteiger partial charge in [0, 0.05) is 31.4 Å². The van der Waals surface area contributed by atoms with Crippen LogP contribution < -0.4 is 15.8 Å². The molecule has 3 bridgehead atoms. The summed E-state index contributed by atoms with van der Waals surface area (Å²) in [5, 5.41) is 3.43. The molecule has 1 aromatic carbocycles. The summed E-state index contributed by atoms with van der Waals surface area (Å²) < 4.78 is 23.9. The molecule has 3 saturated carbocycles. The highest BCUT2D eigenvalue weighted by Crippen LogP contribution is 2.64. The van der Waals surface area contributed by atoms with Crippen molar-refractivity contribution in [1.29, 1.82) is 0 Å².